The van der Waals surface area contributed by atoms with E-state index in [4.69, 9.17) is 4.74 Å². The Balaban J connectivity index is 1.71. The monoisotopic (exact) mass is 359 g/mol. The van der Waals surface area contributed by atoms with Crippen molar-refractivity contribution in [3.05, 3.63) is 65.5 Å². The zero-order valence-corrected chi connectivity index (χ0v) is 14.8. The molecule has 2 aromatic rings. The van der Waals surface area contributed by atoms with Crippen molar-refractivity contribution >= 4 is 11.9 Å². The van der Waals surface area contributed by atoms with E-state index >= 15 is 0 Å². The van der Waals surface area contributed by atoms with Gasteiger partial charge >= 0.3 is 6.03 Å². The second-order valence-corrected chi connectivity index (χ2v) is 5.76. The van der Waals surface area contributed by atoms with Crippen LogP contribution in [0.1, 0.15) is 22.3 Å². The predicted octanol–water partition coefficient (Wildman–Crippen LogP) is 2.75. The Hall–Kier alpha value is -3.09. The zero-order chi connectivity index (χ0) is 18.9. The Morgan fingerprint density at radius 2 is 1.69 bits per heavy atom. The number of amides is 3. The van der Waals surface area contributed by atoms with Crippen LogP contribution in [0.5, 0.6) is 5.75 Å². The van der Waals surface area contributed by atoms with Crippen LogP contribution >= 0.6 is 0 Å². The lowest BCUT2D eigenvalue weighted by Gasteiger charge is -2.18. The fraction of sp³-hybridized carbons (Fsp3) is 0.263. The van der Waals surface area contributed by atoms with Gasteiger partial charge in [-0.15, -0.1) is 0 Å². The highest BCUT2D eigenvalue weighted by molar-refractivity contribution is 5.95. The van der Waals surface area contributed by atoms with Crippen molar-refractivity contribution in [2.24, 2.45) is 0 Å². The lowest BCUT2D eigenvalue weighted by molar-refractivity contribution is 0.0931. The number of carbonyl (C=O) groups is 2. The molecule has 0 aromatic heterocycles. The van der Waals surface area contributed by atoms with E-state index in [1.165, 1.54) is 29.2 Å². The van der Waals surface area contributed by atoms with Crippen molar-refractivity contribution in [3.63, 3.8) is 0 Å². The van der Waals surface area contributed by atoms with Crippen molar-refractivity contribution < 1.29 is 18.7 Å². The van der Waals surface area contributed by atoms with Gasteiger partial charge in [0.2, 0.25) is 0 Å². The number of nitrogens with zero attached hydrogens (tertiary/aromatic N) is 1. The number of halogens is 1. The first-order valence-corrected chi connectivity index (χ1v) is 8.19. The molecule has 0 aliphatic carbocycles. The van der Waals surface area contributed by atoms with Gasteiger partial charge in [-0.1, -0.05) is 12.1 Å². The topological polar surface area (TPSA) is 70.7 Å². The summed E-state index contributed by atoms with van der Waals surface area (Å²) >= 11 is 0. The van der Waals surface area contributed by atoms with Crippen LogP contribution in [0.15, 0.2) is 48.5 Å². The second-order valence-electron chi connectivity index (χ2n) is 5.76. The van der Waals surface area contributed by atoms with Gasteiger partial charge in [-0.25, -0.2) is 14.6 Å². The van der Waals surface area contributed by atoms with E-state index in [1.54, 1.807) is 14.2 Å². The molecule has 138 valence electrons. The molecule has 0 fully saturated rings. The lowest BCUT2D eigenvalue weighted by atomic mass is 10.1. The number of nitrogens with one attached hydrogen (secondary N) is 2. The third kappa shape index (κ3) is 5.77. The number of carbonyl (C=O) groups excluding carboxylic acids is 2. The highest BCUT2D eigenvalue weighted by atomic mass is 19.1. The Kier molecular flexibility index (Phi) is 6.96. The van der Waals surface area contributed by atoms with Crippen LogP contribution in [-0.4, -0.2) is 37.5 Å². The molecule has 7 heteroatoms. The van der Waals surface area contributed by atoms with E-state index in [9.17, 15) is 14.0 Å². The smallest absolute Gasteiger partial charge is 0.335 e. The molecule has 0 aliphatic heterocycles. The van der Waals surface area contributed by atoms with E-state index in [2.05, 4.69) is 10.9 Å². The van der Waals surface area contributed by atoms with Crippen molar-refractivity contribution in [2.75, 3.05) is 20.7 Å². The predicted molar refractivity (Wildman–Crippen MR) is 96.3 cm³/mol. The minimum atomic E-state index is -0.509. The number of benzene rings is 2. The first-order chi connectivity index (χ1) is 12.5. The fourth-order valence-electron chi connectivity index (χ4n) is 2.29. The summed E-state index contributed by atoms with van der Waals surface area (Å²) in [5.74, 6) is -0.130. The Labute approximate surface area is 151 Å². The first kappa shape index (κ1) is 19.2. The molecule has 0 unspecified atom stereocenters. The number of hydrogen-bond acceptors (Lipinski definition) is 3. The molecule has 0 aliphatic rings. The largest absolute Gasteiger partial charge is 0.497 e. The summed E-state index contributed by atoms with van der Waals surface area (Å²) in [5, 5.41) is 0. The summed E-state index contributed by atoms with van der Waals surface area (Å²) in [6, 6.07) is 12.4. The van der Waals surface area contributed by atoms with Gasteiger partial charge in [0, 0.05) is 19.2 Å². The number of hydrazine groups is 1. The standard InChI is InChI=1S/C19H22FN3O3/c1-23(13-3-4-14-5-11-17(26-2)12-6-14)19(25)22-21-18(24)15-7-9-16(20)10-8-15/h5-12H,3-4,13H2,1-2H3,(H,21,24)(H,22,25). The lowest BCUT2D eigenvalue weighted by Crippen LogP contribution is -2.47. The van der Waals surface area contributed by atoms with Crippen LogP contribution < -0.4 is 15.6 Å². The second kappa shape index (κ2) is 9.41. The summed E-state index contributed by atoms with van der Waals surface area (Å²) in [5.41, 5.74) is 6.05. The maximum Gasteiger partial charge on any atom is 0.335 e. The molecule has 2 N–H and O–H groups in total. The number of urea groups is 1. The van der Waals surface area contributed by atoms with Crippen molar-refractivity contribution in [3.8, 4) is 5.75 Å². The van der Waals surface area contributed by atoms with Gasteiger partial charge in [0.25, 0.3) is 5.91 Å². The van der Waals surface area contributed by atoms with Gasteiger partial charge in [-0.2, -0.15) is 0 Å². The van der Waals surface area contributed by atoms with E-state index in [0.29, 0.717) is 6.54 Å². The summed E-state index contributed by atoms with van der Waals surface area (Å²) in [4.78, 5) is 25.3. The van der Waals surface area contributed by atoms with Crippen LogP contribution in [0, 0.1) is 5.82 Å². The molecular weight excluding hydrogens is 337 g/mol. The highest BCUT2D eigenvalue weighted by Gasteiger charge is 2.11. The quantitative estimate of drug-likeness (QED) is 0.779. The summed E-state index contributed by atoms with van der Waals surface area (Å²) < 4.78 is 17.9. The molecule has 0 heterocycles. The van der Waals surface area contributed by atoms with Gasteiger partial charge in [0.1, 0.15) is 11.6 Å². The van der Waals surface area contributed by atoms with Crippen molar-refractivity contribution in [1.82, 2.24) is 15.8 Å². The fourth-order valence-corrected chi connectivity index (χ4v) is 2.29. The molecule has 0 saturated heterocycles. The Morgan fingerprint density at radius 3 is 2.31 bits per heavy atom. The zero-order valence-electron chi connectivity index (χ0n) is 14.8. The van der Waals surface area contributed by atoms with Gasteiger partial charge in [0.15, 0.2) is 0 Å². The number of rotatable bonds is 6. The van der Waals surface area contributed by atoms with Gasteiger partial charge in [0.05, 0.1) is 7.11 Å². The van der Waals surface area contributed by atoms with Crippen LogP contribution in [0.2, 0.25) is 0 Å². The molecule has 26 heavy (non-hydrogen) atoms. The normalized spacial score (nSPS) is 10.1. The molecule has 0 saturated carbocycles. The maximum atomic E-state index is 12.8. The molecule has 0 bridgehead atoms. The third-order valence-corrected chi connectivity index (χ3v) is 3.85. The minimum Gasteiger partial charge on any atom is -0.497 e. The highest BCUT2D eigenvalue weighted by Crippen LogP contribution is 2.12. The van der Waals surface area contributed by atoms with Gasteiger partial charge in [-0.3, -0.25) is 10.2 Å². The third-order valence-electron chi connectivity index (χ3n) is 3.85. The molecule has 0 atom stereocenters. The minimum absolute atomic E-state index is 0.258. The van der Waals surface area contributed by atoms with Gasteiger partial charge in [-0.05, 0) is 54.8 Å². The van der Waals surface area contributed by atoms with Crippen molar-refractivity contribution in [1.29, 1.82) is 0 Å². The molecule has 3 amide bonds. The Morgan fingerprint density at radius 1 is 1.04 bits per heavy atom. The maximum absolute atomic E-state index is 12.8. The molecule has 2 aromatic carbocycles. The molecule has 2 rings (SSSR count). The molecule has 6 nitrogen and oxygen atoms in total. The number of hydrogen-bond donors (Lipinski definition) is 2. The SMILES string of the molecule is COc1ccc(CCCN(C)C(=O)NNC(=O)c2ccc(F)cc2)cc1. The van der Waals surface area contributed by atoms with E-state index < -0.39 is 17.8 Å². The summed E-state index contributed by atoms with van der Waals surface area (Å²) in [7, 11) is 3.27. The Bertz CT molecular complexity index is 733. The average molecular weight is 359 g/mol. The van der Waals surface area contributed by atoms with Crippen LogP contribution in [0.4, 0.5) is 9.18 Å². The van der Waals surface area contributed by atoms with Crippen LogP contribution in [-0.2, 0) is 6.42 Å². The molecule has 0 spiro atoms. The molecular formula is C19H22FN3O3. The summed E-state index contributed by atoms with van der Waals surface area (Å²) in [6.07, 6.45) is 1.60. The first-order valence-electron chi connectivity index (χ1n) is 8.19. The van der Waals surface area contributed by atoms with Crippen LogP contribution in [0.25, 0.3) is 0 Å². The number of aryl methyl sites for hydroxylation is 1. The molecule has 0 radical (unpaired) electrons. The number of ether oxygens (including phenoxy) is 1. The van der Waals surface area contributed by atoms with E-state index in [1.807, 2.05) is 24.3 Å². The average Bonchev–Trinajstić information content (AvgIpc) is 2.66. The van der Waals surface area contributed by atoms with Crippen LogP contribution in [0.3, 0.4) is 0 Å². The summed E-state index contributed by atoms with van der Waals surface area (Å²) in [6.45, 7) is 0.532. The number of methoxy groups -OCH3 is 1. The van der Waals surface area contributed by atoms with E-state index in [0.717, 1.165) is 24.2 Å². The van der Waals surface area contributed by atoms with Crippen molar-refractivity contribution in [2.45, 2.75) is 12.8 Å². The van der Waals surface area contributed by atoms with Gasteiger partial charge < -0.3 is 9.64 Å². The van der Waals surface area contributed by atoms with E-state index in [-0.39, 0.29) is 5.56 Å².